The highest BCUT2D eigenvalue weighted by atomic mass is 19.4. The van der Waals surface area contributed by atoms with Crippen LogP contribution in [0.1, 0.15) is 38.8 Å². The molecule has 0 saturated carbocycles. The molecule has 2 aliphatic rings. The molecule has 2 aliphatic heterocycles. The van der Waals surface area contributed by atoms with Crippen molar-refractivity contribution in [3.63, 3.8) is 0 Å². The number of alkyl halides is 3. The van der Waals surface area contributed by atoms with Crippen molar-refractivity contribution in [3.05, 3.63) is 29.1 Å². The molecule has 31 heavy (non-hydrogen) atoms. The molecule has 1 fully saturated rings. The summed E-state index contributed by atoms with van der Waals surface area (Å²) in [6.45, 7) is 7.88. The fourth-order valence-electron chi connectivity index (χ4n) is 4.03. The van der Waals surface area contributed by atoms with Gasteiger partial charge in [0.1, 0.15) is 11.4 Å². The fraction of sp³-hybridized carbons (Fsp3) is 0.619. The van der Waals surface area contributed by atoms with E-state index in [4.69, 9.17) is 4.74 Å². The average Bonchev–Trinajstić information content (AvgIpc) is 2.65. The molecule has 0 unspecified atom stereocenters. The number of rotatable bonds is 1. The number of carbonyl (C=O) groups excluding carboxylic acids is 2. The number of carbonyl (C=O) groups is 2. The lowest BCUT2D eigenvalue weighted by molar-refractivity contribution is -0.186. The highest BCUT2D eigenvalue weighted by Gasteiger charge is 2.44. The van der Waals surface area contributed by atoms with Crippen LogP contribution in [0.2, 0.25) is 0 Å². The predicted molar refractivity (Wildman–Crippen MR) is 106 cm³/mol. The van der Waals surface area contributed by atoms with Crippen molar-refractivity contribution in [1.29, 1.82) is 0 Å². The Morgan fingerprint density at radius 3 is 2.32 bits per heavy atom. The van der Waals surface area contributed by atoms with Gasteiger partial charge in [0, 0.05) is 50.0 Å². The lowest BCUT2D eigenvalue weighted by atomic mass is 9.96. The van der Waals surface area contributed by atoms with Crippen LogP contribution >= 0.6 is 0 Å². The van der Waals surface area contributed by atoms with Gasteiger partial charge in [0.25, 0.3) is 0 Å². The summed E-state index contributed by atoms with van der Waals surface area (Å²) in [5.74, 6) is -2.41. The summed E-state index contributed by atoms with van der Waals surface area (Å²) in [5.41, 5.74) is 0.692. The summed E-state index contributed by atoms with van der Waals surface area (Å²) >= 11 is 0. The second kappa shape index (κ2) is 8.20. The van der Waals surface area contributed by atoms with Gasteiger partial charge in [-0.25, -0.2) is 9.18 Å². The van der Waals surface area contributed by atoms with Crippen LogP contribution < -0.4 is 4.90 Å². The SMILES string of the molecule is C[C@@H]1CN(c2ccc(F)c3c2CN(C(=O)C(F)(F)F)CC3)CCN1C(=O)OC(C)(C)C. The second-order valence-electron chi connectivity index (χ2n) is 8.97. The zero-order valence-electron chi connectivity index (χ0n) is 18.1. The van der Waals surface area contributed by atoms with Gasteiger partial charge in [-0.15, -0.1) is 0 Å². The Balaban J connectivity index is 1.81. The van der Waals surface area contributed by atoms with Gasteiger partial charge in [0.05, 0.1) is 0 Å². The summed E-state index contributed by atoms with van der Waals surface area (Å²) in [5, 5.41) is 0. The van der Waals surface area contributed by atoms with Gasteiger partial charge in [-0.1, -0.05) is 0 Å². The Bertz CT molecular complexity index is 867. The molecule has 0 spiro atoms. The Labute approximate surface area is 178 Å². The van der Waals surface area contributed by atoms with E-state index in [1.165, 1.54) is 12.1 Å². The van der Waals surface area contributed by atoms with Crippen LogP contribution in [0.5, 0.6) is 0 Å². The van der Waals surface area contributed by atoms with Crippen LogP contribution in [0, 0.1) is 5.82 Å². The van der Waals surface area contributed by atoms with Crippen molar-refractivity contribution >= 4 is 17.7 Å². The molecule has 0 aromatic heterocycles. The minimum absolute atomic E-state index is 0.0181. The minimum Gasteiger partial charge on any atom is -0.444 e. The Morgan fingerprint density at radius 2 is 1.74 bits per heavy atom. The number of fused-ring (bicyclic) bond motifs is 1. The van der Waals surface area contributed by atoms with E-state index in [0.29, 0.717) is 41.3 Å². The number of halogens is 4. The molecule has 2 heterocycles. The van der Waals surface area contributed by atoms with Gasteiger partial charge in [0.2, 0.25) is 0 Å². The van der Waals surface area contributed by atoms with Crippen LogP contribution in [-0.2, 0) is 22.5 Å². The number of amides is 2. The van der Waals surface area contributed by atoms with Crippen LogP contribution in [0.15, 0.2) is 12.1 Å². The van der Waals surface area contributed by atoms with Crippen molar-refractivity contribution in [1.82, 2.24) is 9.80 Å². The number of nitrogens with zero attached hydrogens (tertiary/aromatic N) is 3. The Kier molecular flexibility index (Phi) is 6.12. The van der Waals surface area contributed by atoms with E-state index in [0.717, 1.165) is 0 Å². The molecule has 3 rings (SSSR count). The number of hydrogen-bond donors (Lipinski definition) is 0. The smallest absolute Gasteiger partial charge is 0.444 e. The summed E-state index contributed by atoms with van der Waals surface area (Å²) in [7, 11) is 0. The van der Waals surface area contributed by atoms with E-state index < -0.39 is 29.6 Å². The Hall–Kier alpha value is -2.52. The van der Waals surface area contributed by atoms with Crippen molar-refractivity contribution in [3.8, 4) is 0 Å². The molecule has 6 nitrogen and oxygen atoms in total. The number of anilines is 1. The van der Waals surface area contributed by atoms with Gasteiger partial charge in [-0.2, -0.15) is 13.2 Å². The number of hydrogen-bond acceptors (Lipinski definition) is 4. The topological polar surface area (TPSA) is 53.1 Å². The molecule has 172 valence electrons. The molecule has 0 aliphatic carbocycles. The maximum Gasteiger partial charge on any atom is 0.471 e. The normalized spacial score (nSPS) is 19.9. The van der Waals surface area contributed by atoms with E-state index >= 15 is 0 Å². The van der Waals surface area contributed by atoms with Gasteiger partial charge < -0.3 is 19.4 Å². The molecule has 1 saturated heterocycles. The van der Waals surface area contributed by atoms with E-state index in [1.807, 2.05) is 11.8 Å². The third kappa shape index (κ3) is 5.04. The number of benzene rings is 1. The van der Waals surface area contributed by atoms with E-state index in [1.54, 1.807) is 25.7 Å². The van der Waals surface area contributed by atoms with E-state index in [-0.39, 0.29) is 25.6 Å². The maximum absolute atomic E-state index is 14.4. The maximum atomic E-state index is 14.4. The lowest BCUT2D eigenvalue weighted by Crippen LogP contribution is -2.55. The highest BCUT2D eigenvalue weighted by molar-refractivity contribution is 5.82. The standard InChI is InChI=1S/C21H27F4N3O3/c1-13-11-26(9-10-28(13)19(30)31-20(2,3)4)17-6-5-16(22)14-7-8-27(12-15(14)17)18(29)21(23,24)25/h5-6,13H,7-12H2,1-4H3/t13-/m1/s1. The molecule has 0 N–H and O–H groups in total. The molecular weight excluding hydrogens is 418 g/mol. The van der Waals surface area contributed by atoms with Gasteiger partial charge in [-0.05, 0) is 51.8 Å². The fourth-order valence-corrected chi connectivity index (χ4v) is 4.03. The monoisotopic (exact) mass is 445 g/mol. The van der Waals surface area contributed by atoms with Crippen LogP contribution in [0.3, 0.4) is 0 Å². The first kappa shape index (κ1) is 23.1. The van der Waals surface area contributed by atoms with Crippen molar-refractivity contribution in [2.45, 2.75) is 58.5 Å². The molecule has 2 amide bonds. The lowest BCUT2D eigenvalue weighted by Gasteiger charge is -2.42. The van der Waals surface area contributed by atoms with Crippen molar-refractivity contribution < 1.29 is 31.9 Å². The summed E-state index contributed by atoms with van der Waals surface area (Å²) in [6, 6.07) is 2.62. The number of piperazine rings is 1. The van der Waals surface area contributed by atoms with Crippen molar-refractivity contribution in [2.75, 3.05) is 31.1 Å². The molecule has 1 aromatic rings. The van der Waals surface area contributed by atoms with Crippen LogP contribution in [0.25, 0.3) is 0 Å². The molecule has 10 heteroatoms. The van der Waals surface area contributed by atoms with E-state index in [2.05, 4.69) is 0 Å². The third-order valence-electron chi connectivity index (χ3n) is 5.46. The second-order valence-corrected chi connectivity index (χ2v) is 8.97. The average molecular weight is 445 g/mol. The van der Waals surface area contributed by atoms with Crippen LogP contribution in [0.4, 0.5) is 28.0 Å². The first-order chi connectivity index (χ1) is 14.3. The van der Waals surface area contributed by atoms with Crippen molar-refractivity contribution in [2.24, 2.45) is 0 Å². The Morgan fingerprint density at radius 1 is 1.06 bits per heavy atom. The predicted octanol–water partition coefficient (Wildman–Crippen LogP) is 3.72. The molecule has 0 radical (unpaired) electrons. The third-order valence-corrected chi connectivity index (χ3v) is 5.46. The number of ether oxygens (including phenoxy) is 1. The first-order valence-electron chi connectivity index (χ1n) is 10.2. The zero-order chi connectivity index (χ0) is 23.1. The van der Waals surface area contributed by atoms with Crippen LogP contribution in [-0.4, -0.2) is 65.8 Å². The summed E-state index contributed by atoms with van der Waals surface area (Å²) < 4.78 is 58.5. The molecule has 0 bridgehead atoms. The highest BCUT2D eigenvalue weighted by Crippen LogP contribution is 2.34. The quantitative estimate of drug-likeness (QED) is 0.619. The molecule has 1 atom stereocenters. The molecule has 1 aromatic carbocycles. The van der Waals surface area contributed by atoms with Gasteiger partial charge >= 0.3 is 18.2 Å². The van der Waals surface area contributed by atoms with Gasteiger partial charge in [0.15, 0.2) is 0 Å². The van der Waals surface area contributed by atoms with E-state index in [9.17, 15) is 27.2 Å². The first-order valence-corrected chi connectivity index (χ1v) is 10.2. The summed E-state index contributed by atoms with van der Waals surface area (Å²) in [6.07, 6.45) is -5.38. The van der Waals surface area contributed by atoms with Gasteiger partial charge in [-0.3, -0.25) is 4.79 Å². The largest absolute Gasteiger partial charge is 0.471 e. The summed E-state index contributed by atoms with van der Waals surface area (Å²) in [4.78, 5) is 28.4. The molecular formula is C21H27F4N3O3. The zero-order valence-corrected chi connectivity index (χ0v) is 18.1. The minimum atomic E-state index is -4.97.